The van der Waals surface area contributed by atoms with Crippen LogP contribution in [0.25, 0.3) is 32.3 Å². The van der Waals surface area contributed by atoms with E-state index in [9.17, 15) is 5.11 Å². The number of hydrogen-bond donors (Lipinski definition) is 2. The van der Waals surface area contributed by atoms with Crippen LogP contribution in [-0.2, 0) is 6.54 Å². The van der Waals surface area contributed by atoms with E-state index in [1.807, 2.05) is 6.92 Å². The molecule has 0 aliphatic rings. The highest BCUT2D eigenvalue weighted by Gasteiger charge is 2.10. The van der Waals surface area contributed by atoms with Gasteiger partial charge in [-0.3, -0.25) is 0 Å². The third-order valence-electron chi connectivity index (χ3n) is 4.67. The summed E-state index contributed by atoms with van der Waals surface area (Å²) in [5.41, 5.74) is 1.32. The summed E-state index contributed by atoms with van der Waals surface area (Å²) >= 11 is 0. The average Bonchev–Trinajstić information content (AvgIpc) is 2.57. The van der Waals surface area contributed by atoms with Crippen LogP contribution in [0.15, 0.2) is 54.6 Å². The SMILES string of the molecule is CC(O)CCNCc1ccc2ccc3cccc4ccc1c2c34.Cl. The van der Waals surface area contributed by atoms with Gasteiger partial charge in [0.2, 0.25) is 0 Å². The molecule has 2 N–H and O–H groups in total. The number of benzene rings is 4. The average molecular weight is 340 g/mol. The van der Waals surface area contributed by atoms with E-state index in [0.717, 1.165) is 19.5 Å². The van der Waals surface area contributed by atoms with E-state index in [0.29, 0.717) is 0 Å². The molecule has 0 heterocycles. The highest BCUT2D eigenvalue weighted by Crippen LogP contribution is 2.35. The minimum absolute atomic E-state index is 0. The number of aliphatic hydroxyl groups is 1. The highest BCUT2D eigenvalue weighted by molar-refractivity contribution is 6.23. The van der Waals surface area contributed by atoms with Crippen molar-refractivity contribution in [3.8, 4) is 0 Å². The maximum Gasteiger partial charge on any atom is 0.0524 e. The molecule has 4 rings (SSSR count). The van der Waals surface area contributed by atoms with Gasteiger partial charge >= 0.3 is 0 Å². The topological polar surface area (TPSA) is 32.3 Å². The molecule has 0 saturated carbocycles. The standard InChI is InChI=1S/C21H21NO.ClH/c1-14(23)11-12-22-13-18-8-7-17-6-5-15-3-2-4-16-9-10-19(18)21(17)20(15)16;/h2-10,14,22-23H,11-13H2,1H3;1H. The zero-order valence-corrected chi connectivity index (χ0v) is 14.6. The number of nitrogens with one attached hydrogen (secondary N) is 1. The van der Waals surface area contributed by atoms with Crippen LogP contribution < -0.4 is 5.32 Å². The van der Waals surface area contributed by atoms with Crippen molar-refractivity contribution in [2.24, 2.45) is 0 Å². The second-order valence-electron chi connectivity index (χ2n) is 6.40. The Kier molecular flexibility index (Phi) is 4.91. The summed E-state index contributed by atoms with van der Waals surface area (Å²) in [4.78, 5) is 0. The normalized spacial score (nSPS) is 12.8. The van der Waals surface area contributed by atoms with Gasteiger partial charge in [0, 0.05) is 6.54 Å². The molecule has 0 aromatic heterocycles. The van der Waals surface area contributed by atoms with Gasteiger partial charge in [0.05, 0.1) is 6.10 Å². The zero-order chi connectivity index (χ0) is 15.8. The van der Waals surface area contributed by atoms with Gasteiger partial charge in [-0.1, -0.05) is 54.6 Å². The fourth-order valence-electron chi connectivity index (χ4n) is 3.48. The first-order valence-corrected chi connectivity index (χ1v) is 8.28. The van der Waals surface area contributed by atoms with E-state index in [4.69, 9.17) is 0 Å². The van der Waals surface area contributed by atoms with E-state index in [1.54, 1.807) is 0 Å². The summed E-state index contributed by atoms with van der Waals surface area (Å²) in [6.45, 7) is 3.50. The lowest BCUT2D eigenvalue weighted by atomic mass is 9.92. The van der Waals surface area contributed by atoms with E-state index >= 15 is 0 Å². The Bertz CT molecular complexity index is 948. The van der Waals surface area contributed by atoms with Crippen LogP contribution in [0.1, 0.15) is 18.9 Å². The molecule has 2 nitrogen and oxygen atoms in total. The first-order valence-electron chi connectivity index (χ1n) is 8.28. The predicted molar refractivity (Wildman–Crippen MR) is 105 cm³/mol. The number of hydrogen-bond acceptors (Lipinski definition) is 2. The summed E-state index contributed by atoms with van der Waals surface area (Å²) in [5, 5.41) is 20.8. The molecule has 0 radical (unpaired) electrons. The van der Waals surface area contributed by atoms with Crippen molar-refractivity contribution >= 4 is 44.7 Å². The molecule has 4 aromatic rings. The molecule has 24 heavy (non-hydrogen) atoms. The molecule has 0 aliphatic heterocycles. The second kappa shape index (κ2) is 6.94. The summed E-state index contributed by atoms with van der Waals surface area (Å²) in [6.07, 6.45) is 0.537. The van der Waals surface area contributed by atoms with Crippen LogP contribution in [-0.4, -0.2) is 17.8 Å². The number of halogens is 1. The molecule has 1 unspecified atom stereocenters. The van der Waals surface area contributed by atoms with Crippen molar-refractivity contribution in [2.75, 3.05) is 6.54 Å². The van der Waals surface area contributed by atoms with Gasteiger partial charge in [-0.05, 0) is 57.8 Å². The molecule has 0 fully saturated rings. The minimum Gasteiger partial charge on any atom is -0.393 e. The van der Waals surface area contributed by atoms with Gasteiger partial charge in [-0.25, -0.2) is 0 Å². The molecule has 0 bridgehead atoms. The van der Waals surface area contributed by atoms with Crippen molar-refractivity contribution in [3.05, 3.63) is 60.2 Å². The van der Waals surface area contributed by atoms with Crippen molar-refractivity contribution in [1.82, 2.24) is 5.32 Å². The van der Waals surface area contributed by atoms with Crippen LogP contribution in [0.3, 0.4) is 0 Å². The lowest BCUT2D eigenvalue weighted by molar-refractivity contribution is 0.183. The van der Waals surface area contributed by atoms with Crippen LogP contribution in [0.5, 0.6) is 0 Å². The Balaban J connectivity index is 0.00000169. The van der Waals surface area contributed by atoms with Crippen LogP contribution in [0.2, 0.25) is 0 Å². The molecule has 0 amide bonds. The maximum absolute atomic E-state index is 9.37. The zero-order valence-electron chi connectivity index (χ0n) is 13.8. The van der Waals surface area contributed by atoms with Crippen molar-refractivity contribution < 1.29 is 5.11 Å². The summed E-state index contributed by atoms with van der Waals surface area (Å²) in [6, 6.07) is 19.8. The van der Waals surface area contributed by atoms with Crippen molar-refractivity contribution in [3.63, 3.8) is 0 Å². The molecule has 0 aliphatic carbocycles. The monoisotopic (exact) mass is 339 g/mol. The number of aliphatic hydroxyl groups excluding tert-OH is 1. The van der Waals surface area contributed by atoms with Gasteiger partial charge in [-0.2, -0.15) is 0 Å². The van der Waals surface area contributed by atoms with Crippen LogP contribution >= 0.6 is 12.4 Å². The second-order valence-corrected chi connectivity index (χ2v) is 6.40. The highest BCUT2D eigenvalue weighted by atomic mass is 35.5. The molecule has 124 valence electrons. The van der Waals surface area contributed by atoms with Gasteiger partial charge in [0.15, 0.2) is 0 Å². The summed E-state index contributed by atoms with van der Waals surface area (Å²) in [7, 11) is 0. The first-order chi connectivity index (χ1) is 11.2. The van der Waals surface area contributed by atoms with E-state index < -0.39 is 0 Å². The molecular weight excluding hydrogens is 318 g/mol. The summed E-state index contributed by atoms with van der Waals surface area (Å²) in [5.74, 6) is 0. The Hall–Kier alpha value is -1.87. The smallest absolute Gasteiger partial charge is 0.0524 e. The van der Waals surface area contributed by atoms with Gasteiger partial charge in [0.1, 0.15) is 0 Å². The van der Waals surface area contributed by atoms with Gasteiger partial charge in [-0.15, -0.1) is 12.4 Å². The van der Waals surface area contributed by atoms with Gasteiger partial charge < -0.3 is 10.4 Å². The van der Waals surface area contributed by atoms with E-state index in [1.165, 1.54) is 37.9 Å². The predicted octanol–water partition coefficient (Wildman–Crippen LogP) is 4.87. The van der Waals surface area contributed by atoms with Crippen LogP contribution in [0, 0.1) is 0 Å². The van der Waals surface area contributed by atoms with E-state index in [2.05, 4.69) is 59.9 Å². The van der Waals surface area contributed by atoms with Gasteiger partial charge in [0.25, 0.3) is 0 Å². The Morgan fingerprint density at radius 2 is 1.50 bits per heavy atom. The van der Waals surface area contributed by atoms with Crippen molar-refractivity contribution in [2.45, 2.75) is 26.0 Å². The molecule has 0 spiro atoms. The Morgan fingerprint density at radius 3 is 2.21 bits per heavy atom. The van der Waals surface area contributed by atoms with Crippen molar-refractivity contribution in [1.29, 1.82) is 0 Å². The Labute approximate surface area is 148 Å². The molecule has 3 heteroatoms. The minimum atomic E-state index is -0.246. The van der Waals surface area contributed by atoms with E-state index in [-0.39, 0.29) is 18.5 Å². The summed E-state index contributed by atoms with van der Waals surface area (Å²) < 4.78 is 0. The van der Waals surface area contributed by atoms with Crippen LogP contribution in [0.4, 0.5) is 0 Å². The third-order valence-corrected chi connectivity index (χ3v) is 4.67. The third kappa shape index (κ3) is 2.93. The molecule has 1 atom stereocenters. The molecule has 0 saturated heterocycles. The fourth-order valence-corrected chi connectivity index (χ4v) is 3.48. The molecule has 4 aromatic carbocycles. The largest absolute Gasteiger partial charge is 0.393 e. The molecular formula is C21H22ClNO. The lowest BCUT2D eigenvalue weighted by Gasteiger charge is -2.14. The lowest BCUT2D eigenvalue weighted by Crippen LogP contribution is -2.18. The number of rotatable bonds is 5. The fraction of sp³-hybridized carbons (Fsp3) is 0.238. The first kappa shape index (κ1) is 17.0. The Morgan fingerprint density at radius 1 is 0.875 bits per heavy atom. The quantitative estimate of drug-likeness (QED) is 0.402. The maximum atomic E-state index is 9.37.